The topological polar surface area (TPSA) is 47.6 Å². The number of carbonyl (C=O) groups is 1. The van der Waals surface area contributed by atoms with Crippen LogP contribution in [-0.2, 0) is 22.6 Å². The molecule has 0 fully saturated rings. The van der Waals surface area contributed by atoms with Crippen LogP contribution in [0.5, 0.6) is 5.75 Å². The maximum Gasteiger partial charge on any atom is 0.224 e. The highest BCUT2D eigenvalue weighted by Crippen LogP contribution is 2.26. The van der Waals surface area contributed by atoms with E-state index in [9.17, 15) is 4.79 Å². The molecule has 0 radical (unpaired) electrons. The fourth-order valence-corrected chi connectivity index (χ4v) is 2.43. The summed E-state index contributed by atoms with van der Waals surface area (Å²) in [4.78, 5) is 11.3. The van der Waals surface area contributed by atoms with Crippen molar-refractivity contribution < 1.29 is 14.3 Å². The minimum absolute atomic E-state index is 0.0791. The summed E-state index contributed by atoms with van der Waals surface area (Å²) in [6.07, 6.45) is 1.31. The van der Waals surface area contributed by atoms with Gasteiger partial charge in [0.2, 0.25) is 5.91 Å². The number of hydrogen-bond donors (Lipinski definition) is 1. The molecular weight excluding hydrogens is 278 g/mol. The molecule has 0 aliphatic carbocycles. The van der Waals surface area contributed by atoms with Gasteiger partial charge in [-0.1, -0.05) is 30.3 Å². The van der Waals surface area contributed by atoms with Gasteiger partial charge < -0.3 is 14.8 Å². The molecule has 114 valence electrons. The Kier molecular flexibility index (Phi) is 4.71. The maximum absolute atomic E-state index is 11.3. The van der Waals surface area contributed by atoms with Crippen molar-refractivity contribution in [1.29, 1.82) is 0 Å². The average Bonchev–Trinajstić information content (AvgIpc) is 2.55. The predicted molar refractivity (Wildman–Crippen MR) is 85.0 cm³/mol. The van der Waals surface area contributed by atoms with Crippen LogP contribution in [0.2, 0.25) is 0 Å². The molecule has 22 heavy (non-hydrogen) atoms. The molecule has 0 unspecified atom stereocenters. The maximum atomic E-state index is 11.3. The van der Waals surface area contributed by atoms with E-state index in [-0.39, 0.29) is 5.91 Å². The first-order chi connectivity index (χ1) is 10.8. The first-order valence-electron chi connectivity index (χ1n) is 7.48. The van der Waals surface area contributed by atoms with Gasteiger partial charge in [0.15, 0.2) is 0 Å². The molecule has 0 saturated carbocycles. The molecule has 0 spiro atoms. The highest BCUT2D eigenvalue weighted by Gasteiger charge is 2.14. The largest absolute Gasteiger partial charge is 0.491 e. The number of anilines is 1. The van der Waals surface area contributed by atoms with Crippen LogP contribution in [-0.4, -0.2) is 19.1 Å². The smallest absolute Gasteiger partial charge is 0.224 e. The molecule has 0 aromatic heterocycles. The van der Waals surface area contributed by atoms with Crippen molar-refractivity contribution in [3.05, 3.63) is 59.7 Å². The van der Waals surface area contributed by atoms with Gasteiger partial charge in [0, 0.05) is 12.1 Å². The Balaban J connectivity index is 1.43. The molecule has 2 aromatic rings. The summed E-state index contributed by atoms with van der Waals surface area (Å²) in [6.45, 7) is 1.65. The molecular formula is C18H19NO3. The second kappa shape index (κ2) is 7.09. The number of aryl methyl sites for hydroxylation is 1. The average molecular weight is 297 g/mol. The molecule has 3 rings (SSSR count). The standard InChI is InChI=1S/C18H19NO3/c20-18-9-6-15-12-16(7-8-17(15)19-18)22-11-10-21-13-14-4-2-1-3-5-14/h1-5,7-8,12H,6,9-11,13H2,(H,19,20). The van der Waals surface area contributed by atoms with Gasteiger partial charge in [-0.15, -0.1) is 0 Å². The van der Waals surface area contributed by atoms with Crippen LogP contribution >= 0.6 is 0 Å². The Morgan fingerprint density at radius 2 is 1.86 bits per heavy atom. The lowest BCUT2D eigenvalue weighted by Crippen LogP contribution is -2.18. The lowest BCUT2D eigenvalue weighted by Gasteiger charge is -2.17. The molecule has 4 nitrogen and oxygen atoms in total. The first kappa shape index (κ1) is 14.6. The molecule has 1 amide bonds. The van der Waals surface area contributed by atoms with Crippen LogP contribution in [0.1, 0.15) is 17.5 Å². The number of fused-ring (bicyclic) bond motifs is 1. The molecule has 4 heteroatoms. The number of ether oxygens (including phenoxy) is 2. The third-order valence-corrected chi connectivity index (χ3v) is 3.58. The van der Waals surface area contributed by atoms with Crippen LogP contribution in [0.15, 0.2) is 48.5 Å². The van der Waals surface area contributed by atoms with Crippen molar-refractivity contribution in [2.24, 2.45) is 0 Å². The van der Waals surface area contributed by atoms with E-state index in [1.54, 1.807) is 0 Å². The summed E-state index contributed by atoms with van der Waals surface area (Å²) in [5, 5.41) is 2.86. The minimum atomic E-state index is 0.0791. The number of rotatable bonds is 6. The Morgan fingerprint density at radius 1 is 1.00 bits per heavy atom. The highest BCUT2D eigenvalue weighted by molar-refractivity contribution is 5.93. The Bertz CT molecular complexity index is 640. The Morgan fingerprint density at radius 3 is 2.73 bits per heavy atom. The lowest BCUT2D eigenvalue weighted by atomic mass is 10.0. The van der Waals surface area contributed by atoms with Crippen molar-refractivity contribution in [3.63, 3.8) is 0 Å². The molecule has 1 aliphatic rings. The minimum Gasteiger partial charge on any atom is -0.491 e. The predicted octanol–water partition coefficient (Wildman–Crippen LogP) is 3.17. The summed E-state index contributed by atoms with van der Waals surface area (Å²) in [5.41, 5.74) is 3.18. The first-order valence-corrected chi connectivity index (χ1v) is 7.48. The van der Waals surface area contributed by atoms with Gasteiger partial charge in [-0.2, -0.15) is 0 Å². The summed E-state index contributed by atoms with van der Waals surface area (Å²) in [6, 6.07) is 15.8. The lowest BCUT2D eigenvalue weighted by molar-refractivity contribution is -0.116. The van der Waals surface area contributed by atoms with E-state index in [1.165, 1.54) is 0 Å². The Hall–Kier alpha value is -2.33. The van der Waals surface area contributed by atoms with Gasteiger partial charge in [0.1, 0.15) is 12.4 Å². The summed E-state index contributed by atoms with van der Waals surface area (Å²) in [7, 11) is 0. The molecule has 1 heterocycles. The summed E-state index contributed by atoms with van der Waals surface area (Å²) in [5.74, 6) is 0.897. The zero-order chi connectivity index (χ0) is 15.2. The zero-order valence-electron chi connectivity index (χ0n) is 12.4. The number of benzene rings is 2. The van der Waals surface area contributed by atoms with Crippen LogP contribution in [0.4, 0.5) is 5.69 Å². The normalized spacial score (nSPS) is 13.4. The van der Waals surface area contributed by atoms with E-state index in [1.807, 2.05) is 48.5 Å². The van der Waals surface area contributed by atoms with Gasteiger partial charge >= 0.3 is 0 Å². The number of nitrogens with one attached hydrogen (secondary N) is 1. The second-order valence-corrected chi connectivity index (χ2v) is 5.25. The molecule has 0 bridgehead atoms. The van der Waals surface area contributed by atoms with E-state index in [2.05, 4.69) is 5.32 Å². The van der Waals surface area contributed by atoms with E-state index < -0.39 is 0 Å². The van der Waals surface area contributed by atoms with Gasteiger partial charge in [-0.05, 0) is 35.7 Å². The summed E-state index contributed by atoms with van der Waals surface area (Å²) < 4.78 is 11.3. The van der Waals surface area contributed by atoms with Crippen LogP contribution in [0.25, 0.3) is 0 Å². The molecule has 2 aromatic carbocycles. The molecule has 1 N–H and O–H groups in total. The quantitative estimate of drug-likeness (QED) is 0.833. The van der Waals surface area contributed by atoms with E-state index in [4.69, 9.17) is 9.47 Å². The zero-order valence-corrected chi connectivity index (χ0v) is 12.4. The van der Waals surface area contributed by atoms with Crippen molar-refractivity contribution >= 4 is 11.6 Å². The van der Waals surface area contributed by atoms with E-state index in [0.717, 1.165) is 29.0 Å². The van der Waals surface area contributed by atoms with Gasteiger partial charge in [0.05, 0.1) is 13.2 Å². The monoisotopic (exact) mass is 297 g/mol. The van der Waals surface area contributed by atoms with Gasteiger partial charge in [-0.25, -0.2) is 0 Å². The third-order valence-electron chi connectivity index (χ3n) is 3.58. The fourth-order valence-electron chi connectivity index (χ4n) is 2.43. The van der Waals surface area contributed by atoms with Crippen LogP contribution in [0.3, 0.4) is 0 Å². The van der Waals surface area contributed by atoms with Crippen LogP contribution in [0, 0.1) is 0 Å². The van der Waals surface area contributed by atoms with Gasteiger partial charge in [-0.3, -0.25) is 4.79 Å². The van der Waals surface area contributed by atoms with E-state index in [0.29, 0.717) is 26.2 Å². The van der Waals surface area contributed by atoms with Crippen molar-refractivity contribution in [2.45, 2.75) is 19.4 Å². The third kappa shape index (κ3) is 3.86. The van der Waals surface area contributed by atoms with Crippen molar-refractivity contribution in [2.75, 3.05) is 18.5 Å². The molecule has 0 atom stereocenters. The van der Waals surface area contributed by atoms with Crippen molar-refractivity contribution in [1.82, 2.24) is 0 Å². The molecule has 1 aliphatic heterocycles. The fraction of sp³-hybridized carbons (Fsp3) is 0.278. The Labute approximate surface area is 130 Å². The van der Waals surface area contributed by atoms with Crippen LogP contribution < -0.4 is 10.1 Å². The number of amides is 1. The highest BCUT2D eigenvalue weighted by atomic mass is 16.5. The number of hydrogen-bond acceptors (Lipinski definition) is 3. The number of carbonyl (C=O) groups excluding carboxylic acids is 1. The van der Waals surface area contributed by atoms with Gasteiger partial charge in [0.25, 0.3) is 0 Å². The summed E-state index contributed by atoms with van der Waals surface area (Å²) >= 11 is 0. The molecule has 0 saturated heterocycles. The SMILES string of the molecule is O=C1CCc2cc(OCCOCc3ccccc3)ccc2N1. The second-order valence-electron chi connectivity index (χ2n) is 5.25. The van der Waals surface area contributed by atoms with E-state index >= 15 is 0 Å². The van der Waals surface area contributed by atoms with Crippen molar-refractivity contribution in [3.8, 4) is 5.75 Å².